The number of carbonyl (C=O) groups is 2. The third kappa shape index (κ3) is 4.61. The van der Waals surface area contributed by atoms with Gasteiger partial charge in [0.25, 0.3) is 0 Å². The summed E-state index contributed by atoms with van der Waals surface area (Å²) in [5.74, 6) is -1.93. The van der Waals surface area contributed by atoms with Crippen molar-refractivity contribution in [1.82, 2.24) is 15.6 Å². The molecule has 0 radical (unpaired) electrons. The van der Waals surface area contributed by atoms with Crippen molar-refractivity contribution in [1.29, 1.82) is 0 Å². The van der Waals surface area contributed by atoms with E-state index in [2.05, 4.69) is 20.9 Å². The van der Waals surface area contributed by atoms with Crippen molar-refractivity contribution in [2.75, 3.05) is 11.9 Å². The molecule has 8 heteroatoms. The fourth-order valence-corrected chi connectivity index (χ4v) is 3.57. The lowest BCUT2D eigenvalue weighted by atomic mass is 9.98. The third-order valence-electron chi connectivity index (χ3n) is 4.06. The Morgan fingerprint density at radius 2 is 2.04 bits per heavy atom. The summed E-state index contributed by atoms with van der Waals surface area (Å²) < 4.78 is 12.9. The minimum atomic E-state index is -0.788. The molecule has 1 aliphatic rings. The molecular formula is C17H19FN4O2S. The first-order valence-corrected chi connectivity index (χ1v) is 9.01. The maximum Gasteiger partial charge on any atom is 0.313 e. The topological polar surface area (TPSA) is 83.1 Å². The van der Waals surface area contributed by atoms with Crippen LogP contribution >= 0.6 is 11.3 Å². The SMILES string of the molecule is O=C(Nc1ccc(F)cc1)C(=O)NC(c1nccs1)C1CCCCN1. The number of hydrogen-bond acceptors (Lipinski definition) is 5. The van der Waals surface area contributed by atoms with Crippen molar-refractivity contribution >= 4 is 28.8 Å². The smallest absolute Gasteiger partial charge is 0.313 e. The van der Waals surface area contributed by atoms with Crippen molar-refractivity contribution < 1.29 is 14.0 Å². The van der Waals surface area contributed by atoms with E-state index in [4.69, 9.17) is 0 Å². The highest BCUT2D eigenvalue weighted by Crippen LogP contribution is 2.24. The normalized spacial score (nSPS) is 18.4. The Bertz CT molecular complexity index is 715. The van der Waals surface area contributed by atoms with Gasteiger partial charge in [-0.1, -0.05) is 6.42 Å². The molecule has 2 heterocycles. The second-order valence-corrected chi connectivity index (χ2v) is 6.77. The number of rotatable bonds is 4. The highest BCUT2D eigenvalue weighted by atomic mass is 32.1. The molecule has 0 bridgehead atoms. The van der Waals surface area contributed by atoms with E-state index in [9.17, 15) is 14.0 Å². The molecule has 2 unspecified atom stereocenters. The summed E-state index contributed by atoms with van der Waals surface area (Å²) in [6.07, 6.45) is 4.75. The van der Waals surface area contributed by atoms with Crippen LogP contribution in [0.4, 0.5) is 10.1 Å². The zero-order valence-electron chi connectivity index (χ0n) is 13.5. The van der Waals surface area contributed by atoms with Crippen LogP contribution < -0.4 is 16.0 Å². The number of benzene rings is 1. The number of thiazole rings is 1. The largest absolute Gasteiger partial charge is 0.337 e. The molecule has 2 atom stereocenters. The Morgan fingerprint density at radius 1 is 1.24 bits per heavy atom. The number of nitrogens with zero attached hydrogens (tertiary/aromatic N) is 1. The lowest BCUT2D eigenvalue weighted by molar-refractivity contribution is -0.136. The van der Waals surface area contributed by atoms with Gasteiger partial charge in [-0.15, -0.1) is 11.3 Å². The Kier molecular flexibility index (Phi) is 5.72. The summed E-state index contributed by atoms with van der Waals surface area (Å²) in [6, 6.07) is 4.94. The molecular weight excluding hydrogens is 343 g/mol. The van der Waals surface area contributed by atoms with Crippen molar-refractivity contribution in [2.45, 2.75) is 31.3 Å². The van der Waals surface area contributed by atoms with Crippen molar-refractivity contribution in [3.8, 4) is 0 Å². The first kappa shape index (κ1) is 17.5. The van der Waals surface area contributed by atoms with Gasteiger partial charge in [0.15, 0.2) is 0 Å². The third-order valence-corrected chi connectivity index (χ3v) is 4.92. The number of nitrogens with one attached hydrogen (secondary N) is 3. The van der Waals surface area contributed by atoms with Gasteiger partial charge in [-0.05, 0) is 43.7 Å². The van der Waals surface area contributed by atoms with E-state index in [0.717, 1.165) is 30.8 Å². The first-order chi connectivity index (χ1) is 12.1. The maximum absolute atomic E-state index is 12.9. The first-order valence-electron chi connectivity index (χ1n) is 8.13. The molecule has 1 aliphatic heterocycles. The summed E-state index contributed by atoms with van der Waals surface area (Å²) in [6.45, 7) is 0.879. The van der Waals surface area contributed by atoms with Crippen LogP contribution in [-0.4, -0.2) is 29.4 Å². The van der Waals surface area contributed by atoms with Gasteiger partial charge in [-0.25, -0.2) is 9.37 Å². The van der Waals surface area contributed by atoms with Crippen molar-refractivity contribution in [3.63, 3.8) is 0 Å². The second-order valence-electron chi connectivity index (χ2n) is 5.84. The molecule has 1 aromatic carbocycles. The van der Waals surface area contributed by atoms with Gasteiger partial charge in [0.1, 0.15) is 10.8 Å². The van der Waals surface area contributed by atoms with E-state index in [1.54, 1.807) is 6.20 Å². The van der Waals surface area contributed by atoms with Crippen LogP contribution in [0.3, 0.4) is 0 Å². The standard InChI is InChI=1S/C17H19FN4O2S/c18-11-4-6-12(7-5-11)21-15(23)16(24)22-14(17-20-9-10-25-17)13-3-1-2-8-19-13/h4-7,9-10,13-14,19H,1-3,8H2,(H,21,23)(H,22,24). The van der Waals surface area contributed by atoms with Crippen LogP contribution in [0.5, 0.6) is 0 Å². The van der Waals surface area contributed by atoms with Crippen LogP contribution in [-0.2, 0) is 9.59 Å². The molecule has 0 saturated carbocycles. The molecule has 0 aliphatic carbocycles. The molecule has 6 nitrogen and oxygen atoms in total. The lowest BCUT2D eigenvalue weighted by Crippen LogP contribution is -2.48. The van der Waals surface area contributed by atoms with E-state index >= 15 is 0 Å². The van der Waals surface area contributed by atoms with Crippen LogP contribution in [0, 0.1) is 5.82 Å². The number of aromatic nitrogens is 1. The molecule has 25 heavy (non-hydrogen) atoms. The highest BCUT2D eigenvalue weighted by molar-refractivity contribution is 7.09. The summed E-state index contributed by atoms with van der Waals surface area (Å²) in [4.78, 5) is 28.7. The average molecular weight is 362 g/mol. The fraction of sp³-hybridized carbons (Fsp3) is 0.353. The monoisotopic (exact) mass is 362 g/mol. The number of hydrogen-bond donors (Lipinski definition) is 3. The van der Waals surface area contributed by atoms with Crippen molar-refractivity contribution in [2.24, 2.45) is 0 Å². The lowest BCUT2D eigenvalue weighted by Gasteiger charge is -2.30. The highest BCUT2D eigenvalue weighted by Gasteiger charge is 2.30. The molecule has 1 aromatic heterocycles. The molecule has 0 spiro atoms. The molecule has 1 saturated heterocycles. The second kappa shape index (κ2) is 8.17. The Labute approximate surface area is 148 Å². The summed E-state index contributed by atoms with van der Waals surface area (Å²) >= 11 is 1.44. The van der Waals surface area contributed by atoms with Gasteiger partial charge in [0.2, 0.25) is 0 Å². The molecule has 3 N–H and O–H groups in total. The van der Waals surface area contributed by atoms with Gasteiger partial charge < -0.3 is 16.0 Å². The fourth-order valence-electron chi connectivity index (χ4n) is 2.81. The zero-order valence-corrected chi connectivity index (χ0v) is 14.3. The molecule has 132 valence electrons. The number of piperidine rings is 1. The number of halogens is 1. The van der Waals surface area contributed by atoms with E-state index in [1.165, 1.54) is 35.6 Å². The number of carbonyl (C=O) groups excluding carboxylic acids is 2. The van der Waals surface area contributed by atoms with Gasteiger partial charge in [-0.2, -0.15) is 0 Å². The maximum atomic E-state index is 12.9. The number of anilines is 1. The van der Waals surface area contributed by atoms with Crippen LogP contribution in [0.25, 0.3) is 0 Å². The van der Waals surface area contributed by atoms with Gasteiger partial charge in [0, 0.05) is 23.3 Å². The molecule has 3 rings (SSSR count). The van der Waals surface area contributed by atoms with Crippen LogP contribution in [0.1, 0.15) is 30.3 Å². The van der Waals surface area contributed by atoms with Crippen LogP contribution in [0.15, 0.2) is 35.8 Å². The quantitative estimate of drug-likeness (QED) is 0.729. The predicted molar refractivity (Wildman–Crippen MR) is 93.7 cm³/mol. The van der Waals surface area contributed by atoms with E-state index < -0.39 is 17.6 Å². The minimum Gasteiger partial charge on any atom is -0.337 e. The summed E-state index contributed by atoms with van der Waals surface area (Å²) in [7, 11) is 0. The van der Waals surface area contributed by atoms with Crippen LogP contribution in [0.2, 0.25) is 0 Å². The molecule has 2 aromatic rings. The molecule has 2 amide bonds. The van der Waals surface area contributed by atoms with Gasteiger partial charge in [-0.3, -0.25) is 9.59 Å². The van der Waals surface area contributed by atoms with E-state index in [0.29, 0.717) is 5.69 Å². The Balaban J connectivity index is 1.66. The predicted octanol–water partition coefficient (Wildman–Crippen LogP) is 2.22. The Morgan fingerprint density at radius 3 is 2.68 bits per heavy atom. The number of amides is 2. The summed E-state index contributed by atoms with van der Waals surface area (Å²) in [5, 5.41) is 11.2. The average Bonchev–Trinajstić information content (AvgIpc) is 3.16. The van der Waals surface area contributed by atoms with E-state index in [-0.39, 0.29) is 12.1 Å². The zero-order chi connectivity index (χ0) is 17.6. The van der Waals surface area contributed by atoms with Gasteiger partial charge >= 0.3 is 11.8 Å². The van der Waals surface area contributed by atoms with Gasteiger partial charge in [0.05, 0.1) is 6.04 Å². The van der Waals surface area contributed by atoms with E-state index in [1.807, 2.05) is 5.38 Å². The Hall–Kier alpha value is -2.32. The van der Waals surface area contributed by atoms with Crippen molar-refractivity contribution in [3.05, 3.63) is 46.7 Å². The minimum absolute atomic E-state index is 0.0440. The molecule has 1 fully saturated rings. The summed E-state index contributed by atoms with van der Waals surface area (Å²) in [5.41, 5.74) is 0.364.